The van der Waals surface area contributed by atoms with Crippen molar-refractivity contribution in [1.82, 2.24) is 14.8 Å². The van der Waals surface area contributed by atoms with Crippen molar-refractivity contribution < 1.29 is 9.53 Å². The van der Waals surface area contributed by atoms with Gasteiger partial charge in [-0.1, -0.05) is 41.6 Å². The van der Waals surface area contributed by atoms with Gasteiger partial charge in [-0.15, -0.1) is 10.2 Å². The molecule has 0 spiro atoms. The molecule has 1 atom stereocenters. The number of ether oxygens (including phenoxy) is 1. The Balaban J connectivity index is 1.56. The minimum Gasteiger partial charge on any atom is -0.497 e. The van der Waals surface area contributed by atoms with Gasteiger partial charge in [0, 0.05) is 22.1 Å². The van der Waals surface area contributed by atoms with Crippen LogP contribution in [0.3, 0.4) is 0 Å². The number of carbonyl (C=O) groups is 1. The molecule has 0 aliphatic rings. The molecule has 0 saturated heterocycles. The van der Waals surface area contributed by atoms with E-state index in [0.29, 0.717) is 22.5 Å². The Hall–Kier alpha value is -3.49. The zero-order valence-corrected chi connectivity index (χ0v) is 20.3. The lowest BCUT2D eigenvalue weighted by Crippen LogP contribution is -2.23. The van der Waals surface area contributed by atoms with Gasteiger partial charge < -0.3 is 15.4 Å². The van der Waals surface area contributed by atoms with E-state index in [9.17, 15) is 4.79 Å². The summed E-state index contributed by atoms with van der Waals surface area (Å²) in [6, 6.07) is 24.5. The Morgan fingerprint density at radius 1 is 1.00 bits per heavy atom. The molecule has 0 aliphatic heterocycles. The van der Waals surface area contributed by atoms with Crippen LogP contribution < -0.4 is 15.4 Å². The van der Waals surface area contributed by atoms with E-state index in [1.165, 1.54) is 11.8 Å². The topological polar surface area (TPSA) is 81.1 Å². The first kappa shape index (κ1) is 23.7. The number of para-hydroxylation sites is 1. The number of hydrogen-bond acceptors (Lipinski definition) is 6. The molecule has 9 heteroatoms. The predicted molar refractivity (Wildman–Crippen MR) is 137 cm³/mol. The number of nitrogens with zero attached hydrogens (tertiary/aromatic N) is 3. The molecule has 0 radical (unpaired) electrons. The van der Waals surface area contributed by atoms with E-state index in [0.717, 1.165) is 22.8 Å². The van der Waals surface area contributed by atoms with Gasteiger partial charge in [-0.25, -0.2) is 0 Å². The lowest BCUT2D eigenvalue weighted by atomic mass is 10.3. The molecule has 4 rings (SSSR count). The largest absolute Gasteiger partial charge is 0.497 e. The summed E-state index contributed by atoms with van der Waals surface area (Å²) in [4.78, 5) is 12.8. The first-order valence-corrected chi connectivity index (χ1v) is 11.9. The number of amides is 1. The number of thioether (sulfide) groups is 1. The number of rotatable bonds is 9. The van der Waals surface area contributed by atoms with Crippen molar-refractivity contribution in [3.8, 4) is 11.4 Å². The standard InChI is InChI=1S/C25H24ClN5O2S/c1-17(24(32)28-20-6-4-3-5-7-20)34-25-30-29-23(16-27-19-10-8-18(26)9-11-19)31(25)21-12-14-22(33-2)15-13-21/h3-15,17,27H,16H2,1-2H3,(H,28,32)/t17-/m0/s1. The summed E-state index contributed by atoms with van der Waals surface area (Å²) in [6.07, 6.45) is 0. The predicted octanol–water partition coefficient (Wildman–Crippen LogP) is 5.66. The number of benzene rings is 3. The quantitative estimate of drug-likeness (QED) is 0.293. The maximum absolute atomic E-state index is 12.8. The van der Waals surface area contributed by atoms with Crippen molar-refractivity contribution in [3.63, 3.8) is 0 Å². The van der Waals surface area contributed by atoms with Crippen LogP contribution in [0, 0.1) is 0 Å². The second kappa shape index (κ2) is 11.1. The molecule has 174 valence electrons. The summed E-state index contributed by atoms with van der Waals surface area (Å²) in [7, 11) is 1.63. The first-order chi connectivity index (χ1) is 16.5. The zero-order chi connectivity index (χ0) is 23.9. The molecule has 0 aliphatic carbocycles. The summed E-state index contributed by atoms with van der Waals surface area (Å²) in [6.45, 7) is 2.29. The number of halogens is 1. The highest BCUT2D eigenvalue weighted by atomic mass is 35.5. The molecule has 1 heterocycles. The van der Waals surface area contributed by atoms with E-state index in [4.69, 9.17) is 16.3 Å². The molecule has 3 aromatic carbocycles. The van der Waals surface area contributed by atoms with Crippen molar-refractivity contribution in [3.05, 3.63) is 89.7 Å². The minimum absolute atomic E-state index is 0.110. The summed E-state index contributed by atoms with van der Waals surface area (Å²) < 4.78 is 7.24. The van der Waals surface area contributed by atoms with Crippen molar-refractivity contribution in [2.45, 2.75) is 23.9 Å². The fourth-order valence-corrected chi connectivity index (χ4v) is 4.22. The van der Waals surface area contributed by atoms with E-state index in [2.05, 4.69) is 20.8 Å². The van der Waals surface area contributed by atoms with Crippen molar-refractivity contribution in [2.24, 2.45) is 0 Å². The van der Waals surface area contributed by atoms with Crippen molar-refractivity contribution in [2.75, 3.05) is 17.7 Å². The van der Waals surface area contributed by atoms with Gasteiger partial charge in [-0.05, 0) is 67.6 Å². The van der Waals surface area contributed by atoms with Gasteiger partial charge >= 0.3 is 0 Å². The molecule has 1 aromatic heterocycles. The third-order valence-electron chi connectivity index (χ3n) is 5.02. The first-order valence-electron chi connectivity index (χ1n) is 10.6. The van der Waals surface area contributed by atoms with Gasteiger partial charge in [0.05, 0.1) is 18.9 Å². The van der Waals surface area contributed by atoms with Gasteiger partial charge in [0.15, 0.2) is 11.0 Å². The van der Waals surface area contributed by atoms with Crippen LogP contribution in [0.1, 0.15) is 12.7 Å². The maximum Gasteiger partial charge on any atom is 0.237 e. The number of methoxy groups -OCH3 is 1. The Morgan fingerprint density at radius 3 is 2.38 bits per heavy atom. The zero-order valence-electron chi connectivity index (χ0n) is 18.7. The van der Waals surface area contributed by atoms with Crippen LogP contribution in [0.25, 0.3) is 5.69 Å². The van der Waals surface area contributed by atoms with Crippen LogP contribution in [0.2, 0.25) is 5.02 Å². The highest BCUT2D eigenvalue weighted by molar-refractivity contribution is 8.00. The minimum atomic E-state index is -0.390. The maximum atomic E-state index is 12.8. The molecule has 0 fully saturated rings. The van der Waals surface area contributed by atoms with Crippen LogP contribution in [0.4, 0.5) is 11.4 Å². The Bertz CT molecular complexity index is 1230. The molecular weight excluding hydrogens is 470 g/mol. The SMILES string of the molecule is COc1ccc(-n2c(CNc3ccc(Cl)cc3)nnc2S[C@@H](C)C(=O)Nc2ccccc2)cc1. The summed E-state index contributed by atoms with van der Waals surface area (Å²) in [5, 5.41) is 16.0. The fourth-order valence-electron chi connectivity index (χ4n) is 3.21. The second-order valence-electron chi connectivity index (χ2n) is 7.41. The van der Waals surface area contributed by atoms with E-state index in [1.54, 1.807) is 7.11 Å². The molecule has 0 unspecified atom stereocenters. The van der Waals surface area contributed by atoms with E-state index in [-0.39, 0.29) is 5.91 Å². The van der Waals surface area contributed by atoms with Crippen LogP contribution in [0.15, 0.2) is 84.0 Å². The van der Waals surface area contributed by atoms with Gasteiger partial charge in [-0.2, -0.15) is 0 Å². The smallest absolute Gasteiger partial charge is 0.237 e. The normalized spacial score (nSPS) is 11.6. The molecule has 1 amide bonds. The highest BCUT2D eigenvalue weighted by Crippen LogP contribution is 2.28. The van der Waals surface area contributed by atoms with Crippen LogP contribution >= 0.6 is 23.4 Å². The van der Waals surface area contributed by atoms with Crippen molar-refractivity contribution in [1.29, 1.82) is 0 Å². The van der Waals surface area contributed by atoms with Crippen molar-refractivity contribution >= 4 is 40.6 Å². The number of aromatic nitrogens is 3. The average molecular weight is 494 g/mol. The molecule has 34 heavy (non-hydrogen) atoms. The Kier molecular flexibility index (Phi) is 7.72. The van der Waals surface area contributed by atoms with Gasteiger partial charge in [0.1, 0.15) is 5.75 Å². The number of nitrogens with one attached hydrogen (secondary N) is 2. The van der Waals surface area contributed by atoms with Crippen LogP contribution in [-0.2, 0) is 11.3 Å². The lowest BCUT2D eigenvalue weighted by molar-refractivity contribution is -0.115. The second-order valence-corrected chi connectivity index (χ2v) is 9.15. The van der Waals surface area contributed by atoms with E-state index < -0.39 is 5.25 Å². The number of anilines is 2. The summed E-state index contributed by atoms with van der Waals surface area (Å²) in [5.41, 5.74) is 2.54. The molecule has 0 saturated carbocycles. The van der Waals surface area contributed by atoms with Gasteiger partial charge in [0.2, 0.25) is 5.91 Å². The lowest BCUT2D eigenvalue weighted by Gasteiger charge is -2.15. The highest BCUT2D eigenvalue weighted by Gasteiger charge is 2.21. The van der Waals surface area contributed by atoms with Gasteiger partial charge in [0.25, 0.3) is 0 Å². The third kappa shape index (κ3) is 5.89. The molecule has 0 bridgehead atoms. The van der Waals surface area contributed by atoms with E-state index >= 15 is 0 Å². The summed E-state index contributed by atoms with van der Waals surface area (Å²) in [5.74, 6) is 1.35. The summed E-state index contributed by atoms with van der Waals surface area (Å²) >= 11 is 7.33. The van der Waals surface area contributed by atoms with Crippen LogP contribution in [0.5, 0.6) is 5.75 Å². The molecule has 2 N–H and O–H groups in total. The molecular formula is C25H24ClN5O2S. The van der Waals surface area contributed by atoms with E-state index in [1.807, 2.05) is 90.4 Å². The van der Waals surface area contributed by atoms with Crippen LogP contribution in [-0.4, -0.2) is 33.0 Å². The molecule has 7 nitrogen and oxygen atoms in total. The average Bonchev–Trinajstić information content (AvgIpc) is 3.26. The Morgan fingerprint density at radius 2 is 1.71 bits per heavy atom. The Labute approximate surface area is 207 Å². The monoisotopic (exact) mass is 493 g/mol. The number of carbonyl (C=O) groups excluding carboxylic acids is 1. The number of hydrogen-bond donors (Lipinski definition) is 2. The molecule has 4 aromatic rings. The van der Waals surface area contributed by atoms with Gasteiger partial charge in [-0.3, -0.25) is 9.36 Å². The third-order valence-corrected chi connectivity index (χ3v) is 6.31. The fraction of sp³-hybridized carbons (Fsp3) is 0.160.